The number of nitrogens with two attached hydrogens (primary N) is 1. The Morgan fingerprint density at radius 1 is 1.25 bits per heavy atom. The highest BCUT2D eigenvalue weighted by Crippen LogP contribution is 2.23. The molecule has 1 amide bonds. The molecule has 24 heavy (non-hydrogen) atoms. The van der Waals surface area contributed by atoms with E-state index in [9.17, 15) is 13.2 Å². The van der Waals surface area contributed by atoms with Gasteiger partial charge < -0.3 is 11.1 Å². The number of hydrogen-bond acceptors (Lipinski definition) is 4. The number of nitrogens with zero attached hydrogens (tertiary/aromatic N) is 1. The summed E-state index contributed by atoms with van der Waals surface area (Å²) in [4.78, 5) is 12.3. The van der Waals surface area contributed by atoms with Crippen LogP contribution in [0.2, 0.25) is 0 Å². The van der Waals surface area contributed by atoms with Gasteiger partial charge in [-0.3, -0.25) is 4.79 Å². The Morgan fingerprint density at radius 2 is 1.79 bits per heavy atom. The molecule has 1 aromatic carbocycles. The van der Waals surface area contributed by atoms with E-state index in [1.54, 1.807) is 32.9 Å². The van der Waals surface area contributed by atoms with Crippen molar-refractivity contribution in [3.8, 4) is 0 Å². The summed E-state index contributed by atoms with van der Waals surface area (Å²) in [6, 6.07) is 4.22. The van der Waals surface area contributed by atoms with E-state index in [2.05, 4.69) is 5.32 Å². The van der Waals surface area contributed by atoms with Crippen LogP contribution in [0.3, 0.4) is 0 Å². The SMILES string of the molecule is CCN(CC)S(=O)(=O)c1cc(NC(=O)C(N)C(C)C)ccc1C.Cl. The molecule has 0 saturated carbocycles. The molecule has 0 aliphatic heterocycles. The number of halogens is 1. The number of carbonyl (C=O) groups is 1. The normalized spacial score (nSPS) is 12.8. The van der Waals surface area contributed by atoms with Crippen molar-refractivity contribution in [3.05, 3.63) is 23.8 Å². The van der Waals surface area contributed by atoms with Gasteiger partial charge in [-0.05, 0) is 30.5 Å². The summed E-state index contributed by atoms with van der Waals surface area (Å²) >= 11 is 0. The lowest BCUT2D eigenvalue weighted by Crippen LogP contribution is -2.39. The lowest BCUT2D eigenvalue weighted by atomic mass is 10.0. The second kappa shape index (κ2) is 9.36. The fourth-order valence-corrected chi connectivity index (χ4v) is 3.90. The number of carbonyl (C=O) groups excluding carboxylic acids is 1. The molecule has 1 rings (SSSR count). The van der Waals surface area contributed by atoms with E-state index in [0.717, 1.165) is 0 Å². The van der Waals surface area contributed by atoms with Crippen molar-refractivity contribution in [2.45, 2.75) is 45.6 Å². The van der Waals surface area contributed by atoms with Crippen LogP contribution < -0.4 is 11.1 Å². The molecular formula is C16H28ClN3O3S. The average molecular weight is 378 g/mol. The maximum Gasteiger partial charge on any atom is 0.243 e. The molecule has 8 heteroatoms. The number of sulfonamides is 1. The van der Waals surface area contributed by atoms with Crippen LogP contribution in [0.15, 0.2) is 23.1 Å². The largest absolute Gasteiger partial charge is 0.325 e. The van der Waals surface area contributed by atoms with Gasteiger partial charge in [0.15, 0.2) is 0 Å². The molecular weight excluding hydrogens is 350 g/mol. The van der Waals surface area contributed by atoms with Gasteiger partial charge in [0.25, 0.3) is 0 Å². The van der Waals surface area contributed by atoms with Crippen LogP contribution in [0, 0.1) is 12.8 Å². The van der Waals surface area contributed by atoms with Gasteiger partial charge in [-0.15, -0.1) is 12.4 Å². The molecule has 1 aromatic rings. The molecule has 1 atom stereocenters. The maximum absolute atomic E-state index is 12.7. The number of benzene rings is 1. The zero-order valence-corrected chi connectivity index (χ0v) is 16.5. The fraction of sp³-hybridized carbons (Fsp3) is 0.562. The van der Waals surface area contributed by atoms with E-state index >= 15 is 0 Å². The second-order valence-corrected chi connectivity index (χ2v) is 7.74. The molecule has 0 heterocycles. The first kappa shape index (κ1) is 22.9. The van der Waals surface area contributed by atoms with Crippen LogP contribution in [-0.4, -0.2) is 37.8 Å². The predicted molar refractivity (Wildman–Crippen MR) is 100.0 cm³/mol. The van der Waals surface area contributed by atoms with Gasteiger partial charge in [0.2, 0.25) is 15.9 Å². The Labute approximate surface area is 151 Å². The van der Waals surface area contributed by atoms with Crippen LogP contribution in [0.4, 0.5) is 5.69 Å². The van der Waals surface area contributed by atoms with Gasteiger partial charge in [-0.2, -0.15) is 4.31 Å². The molecule has 138 valence electrons. The summed E-state index contributed by atoms with van der Waals surface area (Å²) in [5, 5.41) is 2.69. The van der Waals surface area contributed by atoms with Crippen molar-refractivity contribution in [2.24, 2.45) is 11.7 Å². The summed E-state index contributed by atoms with van der Waals surface area (Å²) in [5.74, 6) is -0.325. The molecule has 0 radical (unpaired) electrons. The number of aryl methyl sites for hydroxylation is 1. The van der Waals surface area contributed by atoms with Gasteiger partial charge in [0.05, 0.1) is 10.9 Å². The third-order valence-corrected chi connectivity index (χ3v) is 5.99. The molecule has 0 spiro atoms. The monoisotopic (exact) mass is 377 g/mol. The maximum atomic E-state index is 12.7. The van der Waals surface area contributed by atoms with Gasteiger partial charge in [0, 0.05) is 18.8 Å². The van der Waals surface area contributed by atoms with Crippen LogP contribution in [0.25, 0.3) is 0 Å². The van der Waals surface area contributed by atoms with Crippen molar-refractivity contribution in [1.82, 2.24) is 4.31 Å². The number of rotatable bonds is 7. The summed E-state index contributed by atoms with van der Waals surface area (Å²) < 4.78 is 26.8. The van der Waals surface area contributed by atoms with E-state index in [-0.39, 0.29) is 29.1 Å². The van der Waals surface area contributed by atoms with E-state index < -0.39 is 16.1 Å². The third kappa shape index (κ3) is 5.17. The molecule has 0 fully saturated rings. The van der Waals surface area contributed by atoms with Crippen molar-refractivity contribution in [2.75, 3.05) is 18.4 Å². The number of hydrogen-bond donors (Lipinski definition) is 2. The first-order valence-corrected chi connectivity index (χ1v) is 9.26. The number of anilines is 1. The van der Waals surface area contributed by atoms with E-state index in [1.165, 1.54) is 10.4 Å². The number of amides is 1. The topological polar surface area (TPSA) is 92.5 Å². The molecule has 0 aromatic heterocycles. The predicted octanol–water partition coefficient (Wildman–Crippen LogP) is 2.37. The molecule has 0 aliphatic carbocycles. The summed E-state index contributed by atoms with van der Waals surface area (Å²) in [5.41, 5.74) is 6.89. The average Bonchev–Trinajstić information content (AvgIpc) is 2.48. The quantitative estimate of drug-likeness (QED) is 0.762. The molecule has 0 saturated heterocycles. The Bertz CT molecular complexity index is 659. The zero-order valence-electron chi connectivity index (χ0n) is 14.9. The lowest BCUT2D eigenvalue weighted by molar-refractivity contribution is -0.118. The fourth-order valence-electron chi connectivity index (χ4n) is 2.19. The van der Waals surface area contributed by atoms with E-state index in [0.29, 0.717) is 24.3 Å². The van der Waals surface area contributed by atoms with Crippen molar-refractivity contribution in [3.63, 3.8) is 0 Å². The summed E-state index contributed by atoms with van der Waals surface area (Å²) in [6.45, 7) is 9.83. The minimum atomic E-state index is -3.58. The third-order valence-electron chi connectivity index (χ3n) is 3.80. The molecule has 0 bridgehead atoms. The van der Waals surface area contributed by atoms with Crippen molar-refractivity contribution >= 4 is 34.0 Å². The second-order valence-electron chi connectivity index (χ2n) is 5.83. The van der Waals surface area contributed by atoms with Crippen LogP contribution in [0.5, 0.6) is 0 Å². The molecule has 6 nitrogen and oxygen atoms in total. The Hall–Kier alpha value is -1.15. The number of nitrogens with one attached hydrogen (secondary N) is 1. The highest BCUT2D eigenvalue weighted by atomic mass is 35.5. The minimum absolute atomic E-state index is 0. The van der Waals surface area contributed by atoms with E-state index in [1.807, 2.05) is 13.8 Å². The molecule has 1 unspecified atom stereocenters. The van der Waals surface area contributed by atoms with Crippen molar-refractivity contribution < 1.29 is 13.2 Å². The Kier molecular flexibility index (Phi) is 8.91. The first-order valence-electron chi connectivity index (χ1n) is 7.82. The van der Waals surface area contributed by atoms with Gasteiger partial charge in [0.1, 0.15) is 0 Å². The van der Waals surface area contributed by atoms with Gasteiger partial charge in [-0.25, -0.2) is 8.42 Å². The smallest absolute Gasteiger partial charge is 0.243 e. The van der Waals surface area contributed by atoms with E-state index in [4.69, 9.17) is 5.73 Å². The standard InChI is InChI=1S/C16H27N3O3S.ClH/c1-6-19(7-2)23(21,22)14-10-13(9-8-12(14)5)18-16(20)15(17)11(3)4;/h8-11,15H,6-7,17H2,1-5H3,(H,18,20);1H. The van der Waals surface area contributed by atoms with Gasteiger partial charge >= 0.3 is 0 Å². The van der Waals surface area contributed by atoms with Crippen LogP contribution in [-0.2, 0) is 14.8 Å². The highest BCUT2D eigenvalue weighted by molar-refractivity contribution is 7.89. The Morgan fingerprint density at radius 3 is 2.25 bits per heavy atom. The van der Waals surface area contributed by atoms with Crippen molar-refractivity contribution in [1.29, 1.82) is 0 Å². The Balaban J connectivity index is 0.00000529. The van der Waals surface area contributed by atoms with Crippen LogP contribution in [0.1, 0.15) is 33.3 Å². The summed E-state index contributed by atoms with van der Waals surface area (Å²) in [6.07, 6.45) is 0. The lowest BCUT2D eigenvalue weighted by Gasteiger charge is -2.21. The van der Waals surface area contributed by atoms with Gasteiger partial charge in [-0.1, -0.05) is 33.8 Å². The highest BCUT2D eigenvalue weighted by Gasteiger charge is 2.24. The minimum Gasteiger partial charge on any atom is -0.325 e. The molecule has 0 aliphatic rings. The first-order chi connectivity index (χ1) is 10.6. The zero-order chi connectivity index (χ0) is 17.8. The molecule has 3 N–H and O–H groups in total. The van der Waals surface area contributed by atoms with Crippen LogP contribution >= 0.6 is 12.4 Å². The summed E-state index contributed by atoms with van der Waals surface area (Å²) in [7, 11) is -3.58.